The molecule has 5 heteroatoms. The van der Waals surface area contributed by atoms with E-state index in [0.717, 1.165) is 18.6 Å². The van der Waals surface area contributed by atoms with Gasteiger partial charge in [-0.25, -0.2) is 0 Å². The van der Waals surface area contributed by atoms with Crippen LogP contribution in [0.15, 0.2) is 24.3 Å². The molecule has 1 atom stereocenters. The van der Waals surface area contributed by atoms with Gasteiger partial charge in [-0.3, -0.25) is 9.59 Å². The van der Waals surface area contributed by atoms with E-state index in [2.05, 4.69) is 5.32 Å². The molecule has 120 valence electrons. The lowest BCUT2D eigenvalue weighted by Gasteiger charge is -2.15. The van der Waals surface area contributed by atoms with Gasteiger partial charge in [0, 0.05) is 31.0 Å². The van der Waals surface area contributed by atoms with Crippen molar-refractivity contribution < 1.29 is 14.3 Å². The number of hydrogen-bond acceptors (Lipinski definition) is 4. The van der Waals surface area contributed by atoms with E-state index in [9.17, 15) is 9.59 Å². The van der Waals surface area contributed by atoms with Crippen molar-refractivity contribution >= 4 is 11.7 Å². The van der Waals surface area contributed by atoms with Crippen LogP contribution >= 0.6 is 0 Å². The lowest BCUT2D eigenvalue weighted by molar-refractivity contribution is -0.121. The van der Waals surface area contributed by atoms with E-state index in [1.54, 1.807) is 31.4 Å². The average molecular weight is 304 g/mol. The Labute approximate surface area is 131 Å². The molecule has 0 bridgehead atoms. The van der Waals surface area contributed by atoms with E-state index >= 15 is 0 Å². The van der Waals surface area contributed by atoms with Gasteiger partial charge in [0.1, 0.15) is 5.75 Å². The first-order valence-electron chi connectivity index (χ1n) is 7.80. The van der Waals surface area contributed by atoms with Gasteiger partial charge in [-0.15, -0.1) is 0 Å². The summed E-state index contributed by atoms with van der Waals surface area (Å²) in [5.74, 6) is 1.32. The summed E-state index contributed by atoms with van der Waals surface area (Å²) in [5.41, 5.74) is 6.31. The number of hydrogen-bond donors (Lipinski definition) is 2. The van der Waals surface area contributed by atoms with Crippen molar-refractivity contribution in [3.8, 4) is 5.75 Å². The van der Waals surface area contributed by atoms with Gasteiger partial charge in [-0.2, -0.15) is 0 Å². The second-order valence-electron chi connectivity index (χ2n) is 5.75. The van der Waals surface area contributed by atoms with Gasteiger partial charge in [0.15, 0.2) is 5.78 Å². The Morgan fingerprint density at radius 3 is 2.50 bits per heavy atom. The van der Waals surface area contributed by atoms with Crippen LogP contribution in [-0.2, 0) is 4.79 Å². The van der Waals surface area contributed by atoms with Gasteiger partial charge in [0.2, 0.25) is 5.91 Å². The smallest absolute Gasteiger partial charge is 0.220 e. The predicted octanol–water partition coefficient (Wildman–Crippen LogP) is 1.90. The fourth-order valence-corrected chi connectivity index (χ4v) is 2.48. The number of carbonyl (C=O) groups is 2. The number of nitrogens with one attached hydrogen (secondary N) is 1. The Morgan fingerprint density at radius 1 is 1.27 bits per heavy atom. The number of carbonyl (C=O) groups excluding carboxylic acids is 2. The number of nitrogens with two attached hydrogens (primary N) is 1. The minimum atomic E-state index is -0.00937. The molecule has 0 aliphatic heterocycles. The third kappa shape index (κ3) is 4.84. The van der Waals surface area contributed by atoms with Crippen molar-refractivity contribution in [1.82, 2.24) is 5.32 Å². The highest BCUT2D eigenvalue weighted by atomic mass is 16.5. The summed E-state index contributed by atoms with van der Waals surface area (Å²) in [6.45, 7) is 0.487. The van der Waals surface area contributed by atoms with Crippen molar-refractivity contribution in [2.75, 3.05) is 13.7 Å². The SMILES string of the molecule is COc1ccc(C(=O)CCCC(=O)NC(CN)C2CC2)cc1. The van der Waals surface area contributed by atoms with Crippen LogP contribution in [0.1, 0.15) is 42.5 Å². The molecule has 1 aromatic rings. The Bertz CT molecular complexity index is 509. The topological polar surface area (TPSA) is 81.4 Å². The van der Waals surface area contributed by atoms with Crippen LogP contribution in [0.25, 0.3) is 0 Å². The van der Waals surface area contributed by atoms with Gasteiger partial charge in [0.05, 0.1) is 7.11 Å². The second-order valence-corrected chi connectivity index (χ2v) is 5.75. The van der Waals surface area contributed by atoms with Crippen LogP contribution in [0.3, 0.4) is 0 Å². The number of amides is 1. The molecule has 22 heavy (non-hydrogen) atoms. The molecule has 2 rings (SSSR count). The normalized spacial score (nSPS) is 15.2. The fourth-order valence-electron chi connectivity index (χ4n) is 2.48. The molecule has 5 nitrogen and oxygen atoms in total. The number of rotatable bonds is 9. The van der Waals surface area contributed by atoms with Gasteiger partial charge in [-0.1, -0.05) is 0 Å². The van der Waals surface area contributed by atoms with Gasteiger partial charge >= 0.3 is 0 Å². The Hall–Kier alpha value is -1.88. The maximum atomic E-state index is 12.0. The highest BCUT2D eigenvalue weighted by Crippen LogP contribution is 2.32. The molecule has 1 aromatic carbocycles. The number of methoxy groups -OCH3 is 1. The minimum Gasteiger partial charge on any atom is -0.497 e. The van der Waals surface area contributed by atoms with Crippen molar-refractivity contribution in [1.29, 1.82) is 0 Å². The Kier molecular flexibility index (Phi) is 5.95. The monoisotopic (exact) mass is 304 g/mol. The highest BCUT2D eigenvalue weighted by molar-refractivity contribution is 5.96. The summed E-state index contributed by atoms with van der Waals surface area (Å²) in [5, 5.41) is 2.97. The highest BCUT2D eigenvalue weighted by Gasteiger charge is 2.30. The number of Topliss-reactive ketones (excluding diaryl/α,β-unsaturated/α-hetero) is 1. The first-order valence-corrected chi connectivity index (χ1v) is 7.80. The summed E-state index contributed by atoms with van der Waals surface area (Å²) in [6, 6.07) is 7.13. The van der Waals surface area contributed by atoms with Crippen molar-refractivity contribution in [3.05, 3.63) is 29.8 Å². The molecular weight excluding hydrogens is 280 g/mol. The zero-order chi connectivity index (χ0) is 15.9. The van der Waals surface area contributed by atoms with Crippen LogP contribution in [0.5, 0.6) is 5.75 Å². The number of benzene rings is 1. The maximum absolute atomic E-state index is 12.0. The second kappa shape index (κ2) is 7.94. The van der Waals surface area contributed by atoms with E-state index in [0.29, 0.717) is 37.3 Å². The van der Waals surface area contributed by atoms with E-state index in [-0.39, 0.29) is 17.7 Å². The first kappa shape index (κ1) is 16.5. The molecule has 1 fully saturated rings. The van der Waals surface area contributed by atoms with Crippen LogP contribution in [-0.4, -0.2) is 31.4 Å². The van der Waals surface area contributed by atoms with E-state index in [1.165, 1.54) is 0 Å². The fraction of sp³-hybridized carbons (Fsp3) is 0.529. The van der Waals surface area contributed by atoms with E-state index in [4.69, 9.17) is 10.5 Å². The molecule has 1 unspecified atom stereocenters. The largest absolute Gasteiger partial charge is 0.497 e. The summed E-state index contributed by atoms with van der Waals surface area (Å²) in [4.78, 5) is 23.9. The summed E-state index contributed by atoms with van der Waals surface area (Å²) in [6.07, 6.45) is 3.59. The first-order chi connectivity index (χ1) is 10.6. The van der Waals surface area contributed by atoms with Gasteiger partial charge in [0.25, 0.3) is 0 Å². The molecule has 1 aliphatic rings. The lowest BCUT2D eigenvalue weighted by Crippen LogP contribution is -2.41. The van der Waals surface area contributed by atoms with Crippen molar-refractivity contribution in [2.45, 2.75) is 38.1 Å². The zero-order valence-corrected chi connectivity index (χ0v) is 13.0. The molecule has 1 saturated carbocycles. The van der Waals surface area contributed by atoms with Crippen LogP contribution < -0.4 is 15.8 Å². The summed E-state index contributed by atoms with van der Waals surface area (Å²) >= 11 is 0. The molecule has 0 saturated heterocycles. The third-order valence-electron chi connectivity index (χ3n) is 4.01. The summed E-state index contributed by atoms with van der Waals surface area (Å²) < 4.78 is 5.06. The molecule has 1 amide bonds. The maximum Gasteiger partial charge on any atom is 0.220 e. The molecular formula is C17H24N2O3. The molecule has 0 spiro atoms. The Morgan fingerprint density at radius 2 is 1.95 bits per heavy atom. The van der Waals surface area contributed by atoms with Crippen molar-refractivity contribution in [2.24, 2.45) is 11.7 Å². The summed E-state index contributed by atoms with van der Waals surface area (Å²) in [7, 11) is 1.59. The Balaban J connectivity index is 1.70. The van der Waals surface area contributed by atoms with Crippen molar-refractivity contribution in [3.63, 3.8) is 0 Å². The quantitative estimate of drug-likeness (QED) is 0.683. The van der Waals surface area contributed by atoms with E-state index in [1.807, 2.05) is 0 Å². The van der Waals surface area contributed by atoms with Gasteiger partial charge < -0.3 is 15.8 Å². The minimum absolute atomic E-state index is 0.00937. The standard InChI is InChI=1S/C17H24N2O3/c1-22-14-9-7-13(8-10-14)16(20)3-2-4-17(21)19-15(11-18)12-5-6-12/h7-10,12,15H,2-6,11,18H2,1H3,(H,19,21). The predicted molar refractivity (Wildman–Crippen MR) is 84.9 cm³/mol. The van der Waals surface area contributed by atoms with E-state index < -0.39 is 0 Å². The van der Waals surface area contributed by atoms with Crippen LogP contribution in [0.4, 0.5) is 0 Å². The average Bonchev–Trinajstić information content (AvgIpc) is 3.37. The molecule has 3 N–H and O–H groups in total. The lowest BCUT2D eigenvalue weighted by atomic mass is 10.0. The molecule has 0 radical (unpaired) electrons. The number of ketones is 1. The molecule has 1 aliphatic carbocycles. The third-order valence-corrected chi connectivity index (χ3v) is 4.01. The molecule has 0 aromatic heterocycles. The number of ether oxygens (including phenoxy) is 1. The van der Waals surface area contributed by atoms with Crippen LogP contribution in [0.2, 0.25) is 0 Å². The van der Waals surface area contributed by atoms with Crippen LogP contribution in [0, 0.1) is 5.92 Å². The van der Waals surface area contributed by atoms with Gasteiger partial charge in [-0.05, 0) is 49.4 Å². The zero-order valence-electron chi connectivity index (χ0n) is 13.0. The molecule has 0 heterocycles.